The molecular formula is C8H10N2O2. The summed E-state index contributed by atoms with van der Waals surface area (Å²) in [5.41, 5.74) is 0.808. The van der Waals surface area contributed by atoms with Crippen LogP contribution in [-0.4, -0.2) is 18.2 Å². The molecule has 0 atom stereocenters. The lowest BCUT2D eigenvalue weighted by molar-refractivity contribution is 0.170. The smallest absolute Gasteiger partial charge is 0.407 e. The topological polar surface area (TPSA) is 51.2 Å². The van der Waals surface area contributed by atoms with Gasteiger partial charge in [0.05, 0.1) is 19.3 Å². The van der Waals surface area contributed by atoms with Crippen LogP contribution in [0.4, 0.5) is 4.79 Å². The van der Waals surface area contributed by atoms with Crippen LogP contribution in [0.25, 0.3) is 0 Å². The predicted octanol–water partition coefficient (Wildman–Crippen LogP) is 0.938. The number of hydrogen-bond donors (Lipinski definition) is 1. The fraction of sp³-hybridized carbons (Fsp3) is 0.250. The first-order chi connectivity index (χ1) is 5.83. The fourth-order valence-corrected chi connectivity index (χ4v) is 0.738. The highest BCUT2D eigenvalue weighted by atomic mass is 16.5. The van der Waals surface area contributed by atoms with Crippen molar-refractivity contribution in [2.45, 2.75) is 6.54 Å². The number of alkyl carbamates (subject to hydrolysis) is 1. The second-order valence-corrected chi connectivity index (χ2v) is 2.17. The first-order valence-electron chi connectivity index (χ1n) is 3.54. The van der Waals surface area contributed by atoms with Crippen LogP contribution in [0.2, 0.25) is 0 Å². The number of hydrogen-bond acceptors (Lipinski definition) is 3. The molecule has 0 saturated carbocycles. The second-order valence-electron chi connectivity index (χ2n) is 2.17. The second kappa shape index (κ2) is 4.33. The molecule has 1 aromatic heterocycles. The van der Waals surface area contributed by atoms with Crippen molar-refractivity contribution in [3.63, 3.8) is 0 Å². The molecule has 0 fully saturated rings. The largest absolute Gasteiger partial charge is 0.453 e. The Kier molecular flexibility index (Phi) is 3.07. The highest BCUT2D eigenvalue weighted by Crippen LogP contribution is 1.91. The molecule has 0 bridgehead atoms. The van der Waals surface area contributed by atoms with E-state index in [1.54, 1.807) is 6.20 Å². The first-order valence-corrected chi connectivity index (χ1v) is 3.54. The van der Waals surface area contributed by atoms with E-state index in [2.05, 4.69) is 15.0 Å². The van der Waals surface area contributed by atoms with Gasteiger partial charge in [0, 0.05) is 6.20 Å². The summed E-state index contributed by atoms with van der Waals surface area (Å²) < 4.78 is 4.39. The lowest BCUT2D eigenvalue weighted by Gasteiger charge is -2.01. The molecule has 0 aliphatic heterocycles. The zero-order valence-corrected chi connectivity index (χ0v) is 6.78. The van der Waals surface area contributed by atoms with Crippen LogP contribution in [0.5, 0.6) is 0 Å². The van der Waals surface area contributed by atoms with Gasteiger partial charge in [-0.1, -0.05) is 6.07 Å². The van der Waals surface area contributed by atoms with Crippen LogP contribution >= 0.6 is 0 Å². The summed E-state index contributed by atoms with van der Waals surface area (Å²) in [6, 6.07) is 5.51. The third kappa shape index (κ3) is 2.57. The minimum Gasteiger partial charge on any atom is -0.453 e. The normalized spacial score (nSPS) is 9.08. The number of carbonyl (C=O) groups excluding carboxylic acids is 1. The minimum atomic E-state index is -0.444. The van der Waals surface area contributed by atoms with Gasteiger partial charge >= 0.3 is 6.09 Å². The Bertz CT molecular complexity index is 248. The molecule has 1 N–H and O–H groups in total. The molecule has 12 heavy (non-hydrogen) atoms. The molecule has 4 heteroatoms. The molecule has 4 nitrogen and oxygen atoms in total. The van der Waals surface area contributed by atoms with Crippen LogP contribution in [0.1, 0.15) is 5.69 Å². The summed E-state index contributed by atoms with van der Waals surface area (Å²) in [5, 5.41) is 2.52. The molecule has 1 amide bonds. The van der Waals surface area contributed by atoms with Crippen molar-refractivity contribution in [1.82, 2.24) is 10.3 Å². The van der Waals surface area contributed by atoms with E-state index in [9.17, 15) is 4.79 Å². The predicted molar refractivity (Wildman–Crippen MR) is 43.5 cm³/mol. The number of carbonyl (C=O) groups is 1. The Balaban J connectivity index is 2.38. The van der Waals surface area contributed by atoms with E-state index < -0.39 is 6.09 Å². The Morgan fingerprint density at radius 3 is 3.08 bits per heavy atom. The Labute approximate surface area is 70.6 Å². The zero-order valence-electron chi connectivity index (χ0n) is 6.78. The molecule has 0 aliphatic carbocycles. The molecular weight excluding hydrogens is 156 g/mol. The van der Waals surface area contributed by atoms with Gasteiger partial charge in [0.1, 0.15) is 0 Å². The van der Waals surface area contributed by atoms with Gasteiger partial charge < -0.3 is 10.1 Å². The van der Waals surface area contributed by atoms with E-state index in [1.165, 1.54) is 7.11 Å². The van der Waals surface area contributed by atoms with Crippen LogP contribution in [-0.2, 0) is 11.3 Å². The van der Waals surface area contributed by atoms with Gasteiger partial charge in [0.2, 0.25) is 0 Å². The van der Waals surface area contributed by atoms with Crippen LogP contribution in [0.15, 0.2) is 24.4 Å². The van der Waals surface area contributed by atoms with Gasteiger partial charge in [-0.2, -0.15) is 0 Å². The summed E-state index contributed by atoms with van der Waals surface area (Å²) in [4.78, 5) is 14.6. The zero-order chi connectivity index (χ0) is 8.81. The van der Waals surface area contributed by atoms with E-state index >= 15 is 0 Å². The first kappa shape index (κ1) is 8.52. The Hall–Kier alpha value is -1.58. The van der Waals surface area contributed by atoms with Crippen molar-refractivity contribution in [2.75, 3.05) is 7.11 Å². The summed E-state index contributed by atoms with van der Waals surface area (Å²) >= 11 is 0. The molecule has 0 radical (unpaired) electrons. The van der Waals surface area contributed by atoms with Crippen LogP contribution < -0.4 is 5.32 Å². The SMILES string of the molecule is COC(=O)NCc1ccccn1. The molecule has 0 aromatic carbocycles. The van der Waals surface area contributed by atoms with Crippen molar-refractivity contribution in [1.29, 1.82) is 0 Å². The summed E-state index contributed by atoms with van der Waals surface area (Å²) in [7, 11) is 1.33. The fourth-order valence-electron chi connectivity index (χ4n) is 0.738. The van der Waals surface area contributed by atoms with Gasteiger partial charge in [0.25, 0.3) is 0 Å². The summed E-state index contributed by atoms with van der Waals surface area (Å²) in [6.45, 7) is 0.396. The minimum absolute atomic E-state index is 0.396. The maximum atomic E-state index is 10.6. The average molecular weight is 166 g/mol. The van der Waals surface area contributed by atoms with Crippen molar-refractivity contribution >= 4 is 6.09 Å². The lowest BCUT2D eigenvalue weighted by Crippen LogP contribution is -2.22. The quantitative estimate of drug-likeness (QED) is 0.711. The number of pyridine rings is 1. The maximum absolute atomic E-state index is 10.6. The number of ether oxygens (including phenoxy) is 1. The molecule has 0 unspecified atom stereocenters. The van der Waals surface area contributed by atoms with E-state index in [4.69, 9.17) is 0 Å². The van der Waals surface area contributed by atoms with E-state index in [0.717, 1.165) is 5.69 Å². The molecule has 0 saturated heterocycles. The number of rotatable bonds is 2. The van der Waals surface area contributed by atoms with Gasteiger partial charge in [0.15, 0.2) is 0 Å². The standard InChI is InChI=1S/C8H10N2O2/c1-12-8(11)10-6-7-4-2-3-5-9-7/h2-5H,6H2,1H3,(H,10,11). The molecule has 0 aliphatic rings. The number of nitrogens with zero attached hydrogens (tertiary/aromatic N) is 1. The van der Waals surface area contributed by atoms with Crippen LogP contribution in [0.3, 0.4) is 0 Å². The Morgan fingerprint density at radius 1 is 1.67 bits per heavy atom. The van der Waals surface area contributed by atoms with Gasteiger partial charge in [-0.15, -0.1) is 0 Å². The van der Waals surface area contributed by atoms with Gasteiger partial charge in [-0.25, -0.2) is 4.79 Å². The highest BCUT2D eigenvalue weighted by molar-refractivity contribution is 5.66. The number of methoxy groups -OCH3 is 1. The van der Waals surface area contributed by atoms with Crippen molar-refractivity contribution in [3.05, 3.63) is 30.1 Å². The molecule has 1 aromatic rings. The van der Waals surface area contributed by atoms with Crippen LogP contribution in [0, 0.1) is 0 Å². The van der Waals surface area contributed by atoms with E-state index in [1.807, 2.05) is 18.2 Å². The molecule has 64 valence electrons. The van der Waals surface area contributed by atoms with Gasteiger partial charge in [-0.3, -0.25) is 4.98 Å². The summed E-state index contributed by atoms with van der Waals surface area (Å²) in [5.74, 6) is 0. The monoisotopic (exact) mass is 166 g/mol. The van der Waals surface area contributed by atoms with Crippen molar-refractivity contribution < 1.29 is 9.53 Å². The van der Waals surface area contributed by atoms with E-state index in [0.29, 0.717) is 6.54 Å². The Morgan fingerprint density at radius 2 is 2.50 bits per heavy atom. The lowest BCUT2D eigenvalue weighted by atomic mass is 10.3. The highest BCUT2D eigenvalue weighted by Gasteiger charge is 1.97. The molecule has 1 heterocycles. The molecule has 1 rings (SSSR count). The maximum Gasteiger partial charge on any atom is 0.407 e. The third-order valence-corrected chi connectivity index (χ3v) is 1.33. The van der Waals surface area contributed by atoms with Crippen molar-refractivity contribution in [3.8, 4) is 0 Å². The summed E-state index contributed by atoms with van der Waals surface area (Å²) in [6.07, 6.45) is 1.23. The number of aromatic nitrogens is 1. The average Bonchev–Trinajstić information content (AvgIpc) is 2.16. The number of amides is 1. The third-order valence-electron chi connectivity index (χ3n) is 1.33. The number of nitrogens with one attached hydrogen (secondary N) is 1. The van der Waals surface area contributed by atoms with Crippen molar-refractivity contribution in [2.24, 2.45) is 0 Å². The van der Waals surface area contributed by atoms with Gasteiger partial charge in [-0.05, 0) is 12.1 Å². The molecule has 0 spiro atoms. The van der Waals surface area contributed by atoms with E-state index in [-0.39, 0.29) is 0 Å².